The third-order valence-electron chi connectivity index (χ3n) is 4.79. The van der Waals surface area contributed by atoms with E-state index >= 15 is 0 Å². The predicted molar refractivity (Wildman–Crippen MR) is 123 cm³/mol. The Labute approximate surface area is 194 Å². The van der Waals surface area contributed by atoms with Gasteiger partial charge in [-0.3, -0.25) is 9.59 Å². The third kappa shape index (κ3) is 6.23. The summed E-state index contributed by atoms with van der Waals surface area (Å²) in [6.45, 7) is 3.15. The van der Waals surface area contributed by atoms with Crippen LogP contribution in [-0.2, 0) is 9.53 Å². The Morgan fingerprint density at radius 3 is 2.39 bits per heavy atom. The molecule has 0 bridgehead atoms. The highest BCUT2D eigenvalue weighted by atomic mass is 32.2. The van der Waals surface area contributed by atoms with Gasteiger partial charge in [0.05, 0.1) is 5.25 Å². The number of rotatable bonds is 8. The van der Waals surface area contributed by atoms with Crippen molar-refractivity contribution in [2.45, 2.75) is 36.1 Å². The molecule has 0 spiro atoms. The fraction of sp³-hybridized carbons (Fsp3) is 0.208. The van der Waals surface area contributed by atoms with E-state index in [0.717, 1.165) is 16.5 Å². The second-order valence-electron chi connectivity index (χ2n) is 7.31. The van der Waals surface area contributed by atoms with Crippen molar-refractivity contribution in [2.24, 2.45) is 0 Å². The van der Waals surface area contributed by atoms with Gasteiger partial charge in [-0.25, -0.2) is 9.18 Å². The Morgan fingerprint density at radius 2 is 1.73 bits per heavy atom. The second kappa shape index (κ2) is 10.8. The molecular weight excluding hydrogens is 447 g/mol. The molecule has 0 unspecified atom stereocenters. The van der Waals surface area contributed by atoms with Crippen LogP contribution in [0.2, 0.25) is 0 Å². The summed E-state index contributed by atoms with van der Waals surface area (Å²) in [4.78, 5) is 40.0. The molecule has 2 aromatic carbocycles. The Hall–Kier alpha value is -3.59. The predicted octanol–water partition coefficient (Wildman–Crippen LogP) is 3.80. The van der Waals surface area contributed by atoms with Crippen molar-refractivity contribution in [1.29, 1.82) is 0 Å². The zero-order chi connectivity index (χ0) is 24.0. The normalized spacial score (nSPS) is 13.5. The van der Waals surface area contributed by atoms with Gasteiger partial charge in [0.15, 0.2) is 11.4 Å². The number of amides is 1. The lowest BCUT2D eigenvalue weighted by Crippen LogP contribution is -2.41. The van der Waals surface area contributed by atoms with Crippen molar-refractivity contribution in [1.82, 2.24) is 10.3 Å². The number of halogens is 1. The van der Waals surface area contributed by atoms with Crippen LogP contribution in [0.1, 0.15) is 35.1 Å². The molecule has 1 amide bonds. The summed E-state index contributed by atoms with van der Waals surface area (Å²) in [7, 11) is 0. The molecular formula is C24H23FN2O5S. The molecule has 1 heterocycles. The number of benzene rings is 2. The summed E-state index contributed by atoms with van der Waals surface area (Å²) >= 11 is 1.46. The van der Waals surface area contributed by atoms with Gasteiger partial charge in [-0.05, 0) is 43.7 Å². The van der Waals surface area contributed by atoms with Crippen molar-refractivity contribution in [3.05, 3.63) is 94.2 Å². The number of hydrogen-bond acceptors (Lipinski definition) is 6. The summed E-state index contributed by atoms with van der Waals surface area (Å²) in [5.74, 6) is -2.63. The van der Waals surface area contributed by atoms with Crippen molar-refractivity contribution in [3.63, 3.8) is 0 Å². The van der Waals surface area contributed by atoms with Gasteiger partial charge in [-0.2, -0.15) is 0 Å². The number of esters is 1. The van der Waals surface area contributed by atoms with E-state index in [9.17, 15) is 23.9 Å². The third-order valence-corrected chi connectivity index (χ3v) is 6.25. The van der Waals surface area contributed by atoms with E-state index in [1.165, 1.54) is 37.0 Å². The number of nitrogens with one attached hydrogen (secondary N) is 2. The van der Waals surface area contributed by atoms with Crippen LogP contribution in [0, 0.1) is 5.82 Å². The van der Waals surface area contributed by atoms with E-state index in [-0.39, 0.29) is 16.8 Å². The van der Waals surface area contributed by atoms with E-state index in [1.807, 2.05) is 30.3 Å². The molecule has 0 fully saturated rings. The van der Waals surface area contributed by atoms with Gasteiger partial charge in [0, 0.05) is 17.2 Å². The molecule has 33 heavy (non-hydrogen) atoms. The molecule has 0 aliphatic rings. The smallest absolute Gasteiger partial charge is 0.328 e. The number of thioether (sulfide) groups is 1. The summed E-state index contributed by atoms with van der Waals surface area (Å²) in [6, 6.07) is 15.5. The first-order valence-corrected chi connectivity index (χ1v) is 11.0. The topological polar surface area (TPSA) is 108 Å². The van der Waals surface area contributed by atoms with Gasteiger partial charge >= 0.3 is 5.97 Å². The molecule has 3 atom stereocenters. The largest absolute Gasteiger partial charge is 0.503 e. The molecule has 3 aromatic rings. The van der Waals surface area contributed by atoms with Crippen molar-refractivity contribution < 1.29 is 23.8 Å². The number of H-pyrrole nitrogens is 1. The zero-order valence-corrected chi connectivity index (χ0v) is 18.8. The molecule has 3 N–H and O–H groups in total. The van der Waals surface area contributed by atoms with Gasteiger partial charge in [0.1, 0.15) is 18.0 Å². The van der Waals surface area contributed by atoms with Crippen molar-refractivity contribution in [3.8, 4) is 5.75 Å². The molecule has 0 saturated carbocycles. The Kier molecular flexibility index (Phi) is 7.89. The minimum atomic E-state index is -1.06. The first kappa shape index (κ1) is 24.1. The van der Waals surface area contributed by atoms with Crippen LogP contribution in [0.4, 0.5) is 4.39 Å². The SMILES string of the molecule is C[C@H](NC(=O)c1[nH]ccc(=O)c1O)C(=O)O[C@@H](C)[C@H](Sc1ccccc1)c1ccc(F)cc1. The van der Waals surface area contributed by atoms with Crippen molar-refractivity contribution >= 4 is 23.6 Å². The molecule has 0 aliphatic heterocycles. The highest BCUT2D eigenvalue weighted by molar-refractivity contribution is 7.99. The van der Waals surface area contributed by atoms with Crippen LogP contribution < -0.4 is 10.7 Å². The van der Waals surface area contributed by atoms with Crippen molar-refractivity contribution in [2.75, 3.05) is 0 Å². The Morgan fingerprint density at radius 1 is 1.06 bits per heavy atom. The fourth-order valence-corrected chi connectivity index (χ4v) is 4.20. The van der Waals surface area contributed by atoms with Gasteiger partial charge in [-0.15, -0.1) is 11.8 Å². The number of aromatic amines is 1. The van der Waals surface area contributed by atoms with Gasteiger partial charge in [0.2, 0.25) is 5.43 Å². The number of carbonyl (C=O) groups is 2. The number of aromatic hydroxyl groups is 1. The standard InChI is InChI=1S/C24H23FN2O5S/c1-14(27-23(30)20-21(29)19(28)12-13-26-20)24(31)32-15(2)22(16-8-10-17(25)11-9-16)33-18-6-4-3-5-7-18/h3-15,22,29H,1-2H3,(H,26,28)(H,27,30)/t14-,15-,22-/m0/s1. The lowest BCUT2D eigenvalue weighted by atomic mass is 10.1. The van der Waals surface area contributed by atoms with Crippen LogP contribution in [0.3, 0.4) is 0 Å². The fourth-order valence-electron chi connectivity index (χ4n) is 3.05. The molecule has 3 rings (SSSR count). The number of pyridine rings is 1. The lowest BCUT2D eigenvalue weighted by Gasteiger charge is -2.25. The van der Waals surface area contributed by atoms with Crippen LogP contribution in [-0.4, -0.2) is 34.1 Å². The number of aromatic nitrogens is 1. The highest BCUT2D eigenvalue weighted by Crippen LogP contribution is 2.39. The molecule has 0 aliphatic carbocycles. The summed E-state index contributed by atoms with van der Waals surface area (Å²) in [5, 5.41) is 11.8. The summed E-state index contributed by atoms with van der Waals surface area (Å²) in [5.41, 5.74) is -0.295. The monoisotopic (exact) mass is 470 g/mol. The van der Waals surface area contributed by atoms with Gasteiger partial charge in [-0.1, -0.05) is 30.3 Å². The van der Waals surface area contributed by atoms with E-state index in [4.69, 9.17) is 4.74 Å². The maximum absolute atomic E-state index is 13.4. The molecule has 7 nitrogen and oxygen atoms in total. The first-order valence-electron chi connectivity index (χ1n) is 10.2. The molecule has 172 valence electrons. The van der Waals surface area contributed by atoms with E-state index in [2.05, 4.69) is 10.3 Å². The van der Waals surface area contributed by atoms with E-state index in [0.29, 0.717) is 0 Å². The summed E-state index contributed by atoms with van der Waals surface area (Å²) in [6.07, 6.45) is 0.591. The van der Waals surface area contributed by atoms with Crippen LogP contribution in [0.25, 0.3) is 0 Å². The van der Waals surface area contributed by atoms with Gasteiger partial charge < -0.3 is 20.1 Å². The minimum Gasteiger partial charge on any atom is -0.503 e. The molecule has 0 saturated heterocycles. The number of carbonyl (C=O) groups excluding carboxylic acids is 2. The first-order chi connectivity index (χ1) is 15.8. The van der Waals surface area contributed by atoms with Crippen LogP contribution in [0.15, 0.2) is 76.6 Å². The van der Waals surface area contributed by atoms with Crippen LogP contribution in [0.5, 0.6) is 5.75 Å². The molecule has 9 heteroatoms. The van der Waals surface area contributed by atoms with E-state index < -0.39 is 35.2 Å². The number of ether oxygens (including phenoxy) is 1. The van der Waals surface area contributed by atoms with Gasteiger partial charge in [0.25, 0.3) is 5.91 Å². The van der Waals surface area contributed by atoms with E-state index in [1.54, 1.807) is 19.1 Å². The summed E-state index contributed by atoms with van der Waals surface area (Å²) < 4.78 is 19.1. The maximum atomic E-state index is 13.4. The average molecular weight is 471 g/mol. The quantitative estimate of drug-likeness (QED) is 0.341. The van der Waals surface area contributed by atoms with Crippen LogP contribution >= 0.6 is 11.8 Å². The lowest BCUT2D eigenvalue weighted by molar-refractivity contribution is -0.150. The maximum Gasteiger partial charge on any atom is 0.328 e. The highest BCUT2D eigenvalue weighted by Gasteiger charge is 2.28. The average Bonchev–Trinajstić information content (AvgIpc) is 2.80. The molecule has 1 aromatic heterocycles. The Balaban J connectivity index is 1.72. The molecule has 0 radical (unpaired) electrons. The second-order valence-corrected chi connectivity index (χ2v) is 8.52. The number of hydrogen-bond donors (Lipinski definition) is 3. The Bertz CT molecular complexity index is 1170. The minimum absolute atomic E-state index is 0.339. The zero-order valence-electron chi connectivity index (χ0n) is 17.9.